The molecule has 0 aliphatic rings. The second kappa shape index (κ2) is 7.62. The molecule has 0 aromatic heterocycles. The summed E-state index contributed by atoms with van der Waals surface area (Å²) in [6.07, 6.45) is 1.33. The van der Waals surface area contributed by atoms with Crippen LogP contribution in [0.4, 0.5) is 5.69 Å². The van der Waals surface area contributed by atoms with Gasteiger partial charge in [0.1, 0.15) is 5.75 Å². The fourth-order valence-corrected chi connectivity index (χ4v) is 2.12. The fourth-order valence-electron chi connectivity index (χ4n) is 1.59. The molecule has 0 radical (unpaired) electrons. The van der Waals surface area contributed by atoms with Crippen LogP contribution in [0.3, 0.4) is 0 Å². The zero-order valence-electron chi connectivity index (χ0n) is 11.6. The molecule has 0 saturated heterocycles. The molecule has 8 heteroatoms. The van der Waals surface area contributed by atoms with Crippen molar-refractivity contribution in [1.29, 1.82) is 0 Å². The minimum atomic E-state index is -0.948. The number of aromatic hydroxyl groups is 1. The van der Waals surface area contributed by atoms with Crippen molar-refractivity contribution in [2.24, 2.45) is 5.10 Å². The molecule has 0 aliphatic carbocycles. The molecule has 0 atom stereocenters. The van der Waals surface area contributed by atoms with Crippen LogP contribution in [-0.4, -0.2) is 23.1 Å². The summed E-state index contributed by atoms with van der Waals surface area (Å²) in [7, 11) is 0. The number of carbonyl (C=O) groups excluding carboxylic acids is 2. The first-order chi connectivity index (χ1) is 10.9. The minimum absolute atomic E-state index is 0.116. The monoisotopic (exact) mass is 351 g/mol. The number of phenolic OH excluding ortho intramolecular Hbond substituents is 1. The lowest BCUT2D eigenvalue weighted by Crippen LogP contribution is -2.32. The molecular formula is C15H11Cl2N3O3. The van der Waals surface area contributed by atoms with Crippen LogP contribution in [0.2, 0.25) is 10.0 Å². The molecule has 0 heterocycles. The summed E-state index contributed by atoms with van der Waals surface area (Å²) in [5, 5.41) is 15.8. The average molecular weight is 352 g/mol. The first-order valence-corrected chi connectivity index (χ1v) is 7.09. The zero-order valence-corrected chi connectivity index (χ0v) is 13.1. The number of anilines is 1. The van der Waals surface area contributed by atoms with Gasteiger partial charge in [0.05, 0.1) is 6.21 Å². The van der Waals surface area contributed by atoms with Crippen LogP contribution in [0.5, 0.6) is 5.75 Å². The van der Waals surface area contributed by atoms with Gasteiger partial charge in [0.15, 0.2) is 0 Å². The lowest BCUT2D eigenvalue weighted by atomic mass is 10.2. The smallest absolute Gasteiger partial charge is 0.329 e. The quantitative estimate of drug-likeness (QED) is 0.451. The van der Waals surface area contributed by atoms with Crippen molar-refractivity contribution < 1.29 is 14.7 Å². The van der Waals surface area contributed by atoms with E-state index in [-0.39, 0.29) is 5.75 Å². The van der Waals surface area contributed by atoms with Crippen LogP contribution in [0.15, 0.2) is 47.6 Å². The van der Waals surface area contributed by atoms with Crippen LogP contribution < -0.4 is 10.7 Å². The molecule has 118 valence electrons. The largest absolute Gasteiger partial charge is 0.508 e. The Morgan fingerprint density at radius 2 is 1.61 bits per heavy atom. The van der Waals surface area contributed by atoms with Gasteiger partial charge in [0.2, 0.25) is 0 Å². The van der Waals surface area contributed by atoms with Crippen molar-refractivity contribution in [3.05, 3.63) is 58.1 Å². The number of halogens is 2. The summed E-state index contributed by atoms with van der Waals surface area (Å²) in [5.41, 5.74) is 3.03. The number of carbonyl (C=O) groups is 2. The number of benzene rings is 2. The van der Waals surface area contributed by atoms with Gasteiger partial charge in [0, 0.05) is 15.7 Å². The molecule has 2 aromatic rings. The summed E-state index contributed by atoms with van der Waals surface area (Å²) in [6.45, 7) is 0. The van der Waals surface area contributed by atoms with Gasteiger partial charge in [-0.15, -0.1) is 0 Å². The zero-order chi connectivity index (χ0) is 16.8. The molecule has 0 bridgehead atoms. The molecule has 0 saturated carbocycles. The van der Waals surface area contributed by atoms with Crippen molar-refractivity contribution in [3.63, 3.8) is 0 Å². The van der Waals surface area contributed by atoms with E-state index in [0.717, 1.165) is 0 Å². The van der Waals surface area contributed by atoms with E-state index in [0.29, 0.717) is 21.3 Å². The Morgan fingerprint density at radius 1 is 1.00 bits per heavy atom. The fraction of sp³-hybridized carbons (Fsp3) is 0. The van der Waals surface area contributed by atoms with Gasteiger partial charge in [-0.25, -0.2) is 5.43 Å². The topological polar surface area (TPSA) is 90.8 Å². The van der Waals surface area contributed by atoms with Crippen LogP contribution in [-0.2, 0) is 9.59 Å². The van der Waals surface area contributed by atoms with E-state index in [4.69, 9.17) is 28.3 Å². The predicted molar refractivity (Wildman–Crippen MR) is 88.9 cm³/mol. The standard InChI is InChI=1S/C15H11Cl2N3O3/c16-10-5-11(17)7-12(6-10)19-14(22)15(23)20-18-8-9-1-3-13(21)4-2-9/h1-8,21H,(H,19,22)(H,20,23)/b18-8-. The molecule has 23 heavy (non-hydrogen) atoms. The third-order valence-corrected chi connectivity index (χ3v) is 3.04. The first-order valence-electron chi connectivity index (χ1n) is 6.33. The Labute approximate surface area is 141 Å². The number of phenols is 1. The van der Waals surface area contributed by atoms with E-state index in [1.165, 1.54) is 36.5 Å². The molecule has 3 N–H and O–H groups in total. The van der Waals surface area contributed by atoms with E-state index in [9.17, 15) is 9.59 Å². The van der Waals surface area contributed by atoms with Gasteiger partial charge in [0.25, 0.3) is 0 Å². The maximum Gasteiger partial charge on any atom is 0.329 e. The van der Waals surface area contributed by atoms with Gasteiger partial charge in [-0.05, 0) is 48.0 Å². The van der Waals surface area contributed by atoms with Crippen LogP contribution in [0, 0.1) is 0 Å². The summed E-state index contributed by atoms with van der Waals surface area (Å²) in [5.74, 6) is -1.74. The number of rotatable bonds is 3. The van der Waals surface area contributed by atoms with Gasteiger partial charge in [-0.2, -0.15) is 5.10 Å². The van der Waals surface area contributed by atoms with E-state index in [1.54, 1.807) is 12.1 Å². The highest BCUT2D eigenvalue weighted by Crippen LogP contribution is 2.22. The van der Waals surface area contributed by atoms with Crippen molar-refractivity contribution in [2.75, 3.05) is 5.32 Å². The van der Waals surface area contributed by atoms with Gasteiger partial charge in [-0.3, -0.25) is 9.59 Å². The molecule has 2 aromatic carbocycles. The molecule has 0 fully saturated rings. The molecule has 0 unspecified atom stereocenters. The summed E-state index contributed by atoms with van der Waals surface area (Å²) in [4.78, 5) is 23.3. The average Bonchev–Trinajstić information content (AvgIpc) is 2.48. The van der Waals surface area contributed by atoms with Gasteiger partial charge < -0.3 is 10.4 Å². The van der Waals surface area contributed by atoms with Crippen LogP contribution in [0.1, 0.15) is 5.56 Å². The van der Waals surface area contributed by atoms with Crippen molar-refractivity contribution in [2.45, 2.75) is 0 Å². The first kappa shape index (κ1) is 16.8. The Bertz CT molecular complexity index is 741. The van der Waals surface area contributed by atoms with E-state index < -0.39 is 11.8 Å². The molecule has 2 rings (SSSR count). The molecule has 6 nitrogen and oxygen atoms in total. The summed E-state index contributed by atoms with van der Waals surface area (Å²) >= 11 is 11.6. The van der Waals surface area contributed by atoms with Crippen molar-refractivity contribution in [1.82, 2.24) is 5.43 Å². The molecule has 0 spiro atoms. The van der Waals surface area contributed by atoms with Gasteiger partial charge in [-0.1, -0.05) is 23.2 Å². The normalized spacial score (nSPS) is 10.5. The second-order valence-electron chi connectivity index (χ2n) is 4.40. The third kappa shape index (κ3) is 5.28. The minimum Gasteiger partial charge on any atom is -0.508 e. The number of hydrogen-bond donors (Lipinski definition) is 3. The highest BCUT2D eigenvalue weighted by molar-refractivity contribution is 6.40. The van der Waals surface area contributed by atoms with Crippen molar-refractivity contribution in [3.8, 4) is 5.75 Å². The second-order valence-corrected chi connectivity index (χ2v) is 5.28. The van der Waals surface area contributed by atoms with E-state index in [2.05, 4.69) is 15.8 Å². The highest BCUT2D eigenvalue weighted by Gasteiger charge is 2.13. The molecule has 0 aliphatic heterocycles. The molecule has 2 amide bonds. The Balaban J connectivity index is 1.92. The summed E-state index contributed by atoms with van der Waals surface area (Å²) in [6, 6.07) is 10.5. The summed E-state index contributed by atoms with van der Waals surface area (Å²) < 4.78 is 0. The Kier molecular flexibility index (Phi) is 5.56. The highest BCUT2D eigenvalue weighted by atomic mass is 35.5. The van der Waals surface area contributed by atoms with Crippen LogP contribution >= 0.6 is 23.2 Å². The Morgan fingerprint density at radius 3 is 2.22 bits per heavy atom. The number of amides is 2. The lowest BCUT2D eigenvalue weighted by molar-refractivity contribution is -0.136. The SMILES string of the molecule is O=C(N/N=C\c1ccc(O)cc1)C(=O)Nc1cc(Cl)cc(Cl)c1. The van der Waals surface area contributed by atoms with E-state index in [1.807, 2.05) is 0 Å². The Hall–Kier alpha value is -2.57. The predicted octanol–water partition coefficient (Wildman–Crippen LogP) is 2.79. The third-order valence-electron chi connectivity index (χ3n) is 2.60. The van der Waals surface area contributed by atoms with E-state index >= 15 is 0 Å². The maximum atomic E-state index is 11.7. The number of hydrogen-bond acceptors (Lipinski definition) is 4. The van der Waals surface area contributed by atoms with Crippen molar-refractivity contribution >= 4 is 46.9 Å². The number of nitrogens with zero attached hydrogens (tertiary/aromatic N) is 1. The maximum absolute atomic E-state index is 11.7. The lowest BCUT2D eigenvalue weighted by Gasteiger charge is -2.05. The number of nitrogens with one attached hydrogen (secondary N) is 2. The molecular weight excluding hydrogens is 341 g/mol. The van der Waals surface area contributed by atoms with Crippen LogP contribution in [0.25, 0.3) is 0 Å². The number of hydrazone groups is 1. The van der Waals surface area contributed by atoms with Gasteiger partial charge >= 0.3 is 11.8 Å².